The Morgan fingerprint density at radius 3 is 2.81 bits per heavy atom. The van der Waals surface area contributed by atoms with Crippen LogP contribution in [0.15, 0.2) is 35.2 Å². The second-order valence-electron chi connectivity index (χ2n) is 5.96. The van der Waals surface area contributed by atoms with Gasteiger partial charge in [0.25, 0.3) is 5.91 Å². The van der Waals surface area contributed by atoms with Gasteiger partial charge < -0.3 is 15.0 Å². The molecule has 0 saturated carbocycles. The predicted molar refractivity (Wildman–Crippen MR) is 99.2 cm³/mol. The van der Waals surface area contributed by atoms with Crippen LogP contribution in [0.5, 0.6) is 0 Å². The van der Waals surface area contributed by atoms with Crippen molar-refractivity contribution in [3.05, 3.63) is 47.3 Å². The van der Waals surface area contributed by atoms with Gasteiger partial charge in [-0.2, -0.15) is 5.10 Å². The summed E-state index contributed by atoms with van der Waals surface area (Å²) in [6.07, 6.45) is 0.536. The van der Waals surface area contributed by atoms with Crippen LogP contribution in [0.25, 0.3) is 0 Å². The molecule has 1 aromatic carbocycles. The van der Waals surface area contributed by atoms with Crippen LogP contribution >= 0.6 is 11.8 Å². The maximum atomic E-state index is 12.5. The summed E-state index contributed by atoms with van der Waals surface area (Å²) in [5.41, 5.74) is 1.80. The van der Waals surface area contributed by atoms with Crippen molar-refractivity contribution in [1.29, 1.82) is 0 Å². The summed E-state index contributed by atoms with van der Waals surface area (Å²) in [4.78, 5) is 38.6. The number of carbonyl (C=O) groups excluding carboxylic acids is 3. The van der Waals surface area contributed by atoms with E-state index in [0.29, 0.717) is 25.3 Å². The van der Waals surface area contributed by atoms with E-state index in [1.54, 1.807) is 4.90 Å². The molecule has 0 unspecified atom stereocenters. The number of hydrogen-bond acceptors (Lipinski definition) is 6. The van der Waals surface area contributed by atoms with Crippen molar-refractivity contribution in [2.75, 3.05) is 26.0 Å². The van der Waals surface area contributed by atoms with Gasteiger partial charge in [-0.1, -0.05) is 18.2 Å². The molecule has 2 heterocycles. The van der Waals surface area contributed by atoms with Gasteiger partial charge in [-0.15, -0.1) is 11.8 Å². The number of rotatable bonds is 6. The van der Waals surface area contributed by atoms with Crippen LogP contribution in [-0.2, 0) is 27.3 Å². The number of carbonyl (C=O) groups is 3. The van der Waals surface area contributed by atoms with Crippen molar-refractivity contribution in [1.82, 2.24) is 20.4 Å². The summed E-state index contributed by atoms with van der Waals surface area (Å²) in [7, 11) is 1.26. The lowest BCUT2D eigenvalue weighted by atomic mass is 10.0. The van der Waals surface area contributed by atoms with Gasteiger partial charge in [0, 0.05) is 17.0 Å². The Balaban J connectivity index is 1.57. The maximum Gasteiger partial charge on any atom is 0.325 e. The molecule has 1 aliphatic rings. The molecule has 0 atom stereocenters. The average molecular weight is 388 g/mol. The number of benzene rings is 1. The number of ether oxygens (including phenoxy) is 1. The summed E-state index contributed by atoms with van der Waals surface area (Å²) in [5.74, 6) is -0.557. The zero-order valence-corrected chi connectivity index (χ0v) is 15.7. The van der Waals surface area contributed by atoms with E-state index in [-0.39, 0.29) is 18.1 Å². The van der Waals surface area contributed by atoms with E-state index >= 15 is 0 Å². The minimum absolute atomic E-state index is 0.0424. The smallest absolute Gasteiger partial charge is 0.325 e. The lowest BCUT2D eigenvalue weighted by molar-refractivity contribution is -0.139. The molecule has 0 spiro atoms. The fourth-order valence-electron chi connectivity index (χ4n) is 2.78. The van der Waals surface area contributed by atoms with Crippen molar-refractivity contribution in [2.45, 2.75) is 17.9 Å². The van der Waals surface area contributed by atoms with Gasteiger partial charge in [0.2, 0.25) is 5.91 Å². The zero-order valence-electron chi connectivity index (χ0n) is 14.9. The molecule has 0 fully saturated rings. The number of aromatic nitrogens is 2. The predicted octanol–water partition coefficient (Wildman–Crippen LogP) is 0.989. The summed E-state index contributed by atoms with van der Waals surface area (Å²) < 4.78 is 4.50. The third-order valence-corrected chi connectivity index (χ3v) is 5.22. The summed E-state index contributed by atoms with van der Waals surface area (Å²) in [5, 5.41) is 9.37. The van der Waals surface area contributed by atoms with E-state index in [9.17, 15) is 14.4 Å². The SMILES string of the molecule is COC(=O)CNC(=O)c1n[nH]c2c1CCN(C(=O)CSc1ccccc1)C2. The first-order valence-corrected chi connectivity index (χ1v) is 9.43. The van der Waals surface area contributed by atoms with Gasteiger partial charge >= 0.3 is 5.97 Å². The second kappa shape index (κ2) is 8.72. The number of aromatic amines is 1. The number of esters is 1. The number of nitrogens with one attached hydrogen (secondary N) is 2. The molecule has 8 nitrogen and oxygen atoms in total. The normalized spacial score (nSPS) is 13.0. The molecule has 3 rings (SSSR count). The van der Waals surface area contributed by atoms with Gasteiger partial charge in [-0.25, -0.2) is 0 Å². The van der Waals surface area contributed by atoms with E-state index in [2.05, 4.69) is 20.3 Å². The van der Waals surface area contributed by atoms with Gasteiger partial charge in [0.1, 0.15) is 6.54 Å². The molecule has 1 aromatic heterocycles. The van der Waals surface area contributed by atoms with Crippen molar-refractivity contribution < 1.29 is 19.1 Å². The molecule has 2 amide bonds. The van der Waals surface area contributed by atoms with E-state index in [4.69, 9.17) is 0 Å². The molecule has 142 valence electrons. The minimum atomic E-state index is -0.527. The highest BCUT2D eigenvalue weighted by Crippen LogP contribution is 2.22. The Hall–Kier alpha value is -2.81. The number of amides is 2. The Bertz CT molecular complexity index is 837. The molecule has 1 aliphatic heterocycles. The first-order chi connectivity index (χ1) is 13.1. The van der Waals surface area contributed by atoms with E-state index in [0.717, 1.165) is 16.2 Å². The van der Waals surface area contributed by atoms with E-state index in [1.807, 2.05) is 30.3 Å². The number of fused-ring (bicyclic) bond motifs is 1. The summed E-state index contributed by atoms with van der Waals surface area (Å²) in [6, 6.07) is 9.77. The topological polar surface area (TPSA) is 104 Å². The van der Waals surface area contributed by atoms with Crippen LogP contribution in [-0.4, -0.2) is 58.8 Å². The fourth-order valence-corrected chi connectivity index (χ4v) is 3.60. The molecule has 0 radical (unpaired) electrons. The number of nitrogens with zero attached hydrogens (tertiary/aromatic N) is 2. The van der Waals surface area contributed by atoms with E-state index in [1.165, 1.54) is 18.9 Å². The average Bonchev–Trinajstić information content (AvgIpc) is 3.14. The highest BCUT2D eigenvalue weighted by Gasteiger charge is 2.27. The first kappa shape index (κ1) is 19.0. The molecule has 2 aromatic rings. The lowest BCUT2D eigenvalue weighted by Crippen LogP contribution is -2.37. The summed E-state index contributed by atoms with van der Waals surface area (Å²) in [6.45, 7) is 0.705. The molecule has 0 bridgehead atoms. The molecular formula is C18H20N4O4S. The van der Waals surface area contributed by atoms with Gasteiger partial charge in [-0.3, -0.25) is 19.5 Å². The fraction of sp³-hybridized carbons (Fsp3) is 0.333. The monoisotopic (exact) mass is 388 g/mol. The quantitative estimate of drug-likeness (QED) is 0.565. The van der Waals surface area contributed by atoms with Crippen LogP contribution in [0.2, 0.25) is 0 Å². The third kappa shape index (κ3) is 4.68. The van der Waals surface area contributed by atoms with Crippen molar-refractivity contribution in [3.63, 3.8) is 0 Å². The van der Waals surface area contributed by atoms with Crippen LogP contribution in [0.1, 0.15) is 21.7 Å². The van der Waals surface area contributed by atoms with Crippen molar-refractivity contribution >= 4 is 29.5 Å². The van der Waals surface area contributed by atoms with Crippen LogP contribution in [0.3, 0.4) is 0 Å². The lowest BCUT2D eigenvalue weighted by Gasteiger charge is -2.26. The van der Waals surface area contributed by atoms with E-state index < -0.39 is 11.9 Å². The van der Waals surface area contributed by atoms with Crippen molar-refractivity contribution in [3.8, 4) is 0 Å². The Labute approximate surface area is 160 Å². The first-order valence-electron chi connectivity index (χ1n) is 8.45. The molecule has 2 N–H and O–H groups in total. The van der Waals surface area contributed by atoms with Gasteiger partial charge in [0.15, 0.2) is 5.69 Å². The van der Waals surface area contributed by atoms with Crippen LogP contribution < -0.4 is 5.32 Å². The molecule has 27 heavy (non-hydrogen) atoms. The molecule has 0 saturated heterocycles. The van der Waals surface area contributed by atoms with Gasteiger partial charge in [-0.05, 0) is 18.6 Å². The number of H-pyrrole nitrogens is 1. The molecule has 9 heteroatoms. The molecular weight excluding hydrogens is 368 g/mol. The van der Waals surface area contributed by atoms with Crippen LogP contribution in [0, 0.1) is 0 Å². The zero-order chi connectivity index (χ0) is 19.2. The number of thioether (sulfide) groups is 1. The summed E-state index contributed by atoms with van der Waals surface area (Å²) >= 11 is 1.50. The van der Waals surface area contributed by atoms with Gasteiger partial charge in [0.05, 0.1) is 25.1 Å². The largest absolute Gasteiger partial charge is 0.468 e. The third-order valence-electron chi connectivity index (χ3n) is 4.23. The minimum Gasteiger partial charge on any atom is -0.468 e. The molecule has 0 aliphatic carbocycles. The highest BCUT2D eigenvalue weighted by atomic mass is 32.2. The van der Waals surface area contributed by atoms with Crippen molar-refractivity contribution in [2.24, 2.45) is 0 Å². The Morgan fingerprint density at radius 2 is 2.07 bits per heavy atom. The second-order valence-corrected chi connectivity index (χ2v) is 7.00. The maximum absolute atomic E-state index is 12.5. The highest BCUT2D eigenvalue weighted by molar-refractivity contribution is 8.00. The standard InChI is InChI=1S/C18H20N4O4S/c1-26-16(24)9-19-18(25)17-13-7-8-22(10-14(13)20-21-17)15(23)11-27-12-5-3-2-4-6-12/h2-6H,7-11H2,1H3,(H,19,25)(H,20,21). The number of hydrogen-bond donors (Lipinski definition) is 2. The number of methoxy groups -OCH3 is 1. The Kier molecular flexibility index (Phi) is 6.12. The Morgan fingerprint density at radius 1 is 1.30 bits per heavy atom. The van der Waals surface area contributed by atoms with Crippen LogP contribution in [0.4, 0.5) is 0 Å².